The average molecular weight is 245 g/mol. The molecule has 0 atom stereocenters. The first-order chi connectivity index (χ1) is 8.27. The van der Waals surface area contributed by atoms with Crippen LogP contribution < -0.4 is 5.73 Å². The lowest BCUT2D eigenvalue weighted by Gasteiger charge is -2.01. The molecule has 7 heteroatoms. The van der Waals surface area contributed by atoms with E-state index in [0.29, 0.717) is 10.6 Å². The molecule has 0 saturated carbocycles. The van der Waals surface area contributed by atoms with Gasteiger partial charge in [-0.15, -0.1) is 11.3 Å². The highest BCUT2D eigenvalue weighted by Gasteiger charge is 2.14. The first-order valence-electron chi connectivity index (χ1n) is 4.79. The summed E-state index contributed by atoms with van der Waals surface area (Å²) in [6.07, 6.45) is 4.73. The topological polar surface area (TPSA) is 86.7 Å². The quantitative estimate of drug-likeness (QED) is 0.729. The van der Waals surface area contributed by atoms with Crippen LogP contribution in [0.25, 0.3) is 16.7 Å². The first kappa shape index (κ1) is 9.91. The number of thiophene rings is 1. The summed E-state index contributed by atoms with van der Waals surface area (Å²) in [5.41, 5.74) is 7.44. The molecule has 17 heavy (non-hydrogen) atoms. The molecule has 3 rings (SSSR count). The Bertz CT molecular complexity index is 701. The number of nitrogens with two attached hydrogens (primary N) is 1. The van der Waals surface area contributed by atoms with Crippen molar-refractivity contribution in [3.63, 3.8) is 0 Å². The lowest BCUT2D eigenvalue weighted by molar-refractivity contribution is 0.100. The van der Waals surface area contributed by atoms with E-state index in [1.807, 2.05) is 0 Å². The van der Waals surface area contributed by atoms with Gasteiger partial charge in [0.05, 0.1) is 18.1 Å². The van der Waals surface area contributed by atoms with Crippen molar-refractivity contribution >= 4 is 28.3 Å². The zero-order valence-electron chi connectivity index (χ0n) is 8.57. The van der Waals surface area contributed by atoms with Crippen LogP contribution in [0.2, 0.25) is 0 Å². The van der Waals surface area contributed by atoms with Gasteiger partial charge >= 0.3 is 0 Å². The number of hydrogen-bond donors (Lipinski definition) is 1. The van der Waals surface area contributed by atoms with Crippen molar-refractivity contribution in [1.82, 2.24) is 19.7 Å². The molecule has 0 fully saturated rings. The number of nitrogens with zero attached hydrogens (tertiary/aromatic N) is 4. The second-order valence-corrected chi connectivity index (χ2v) is 4.26. The van der Waals surface area contributed by atoms with Crippen LogP contribution in [0.4, 0.5) is 0 Å². The molecule has 0 radical (unpaired) electrons. The minimum Gasteiger partial charge on any atom is -0.365 e. The molecule has 2 N–H and O–H groups in total. The summed E-state index contributed by atoms with van der Waals surface area (Å²) in [5, 5.41) is 5.99. The minimum atomic E-state index is -0.463. The molecule has 3 aromatic rings. The van der Waals surface area contributed by atoms with E-state index in [4.69, 9.17) is 5.73 Å². The maximum absolute atomic E-state index is 11.3. The highest BCUT2D eigenvalue weighted by atomic mass is 32.1. The fraction of sp³-hybridized carbons (Fsp3) is 0. The Morgan fingerprint density at radius 2 is 2.29 bits per heavy atom. The molecular weight excluding hydrogens is 238 g/mol. The molecule has 0 spiro atoms. The predicted molar refractivity (Wildman–Crippen MR) is 63.1 cm³/mol. The second-order valence-electron chi connectivity index (χ2n) is 3.35. The maximum atomic E-state index is 11.3. The number of hydrogen-bond acceptors (Lipinski definition) is 5. The van der Waals surface area contributed by atoms with Gasteiger partial charge in [-0.1, -0.05) is 0 Å². The molecular formula is C10H7N5OS. The monoisotopic (exact) mass is 245 g/mol. The number of aromatic nitrogens is 4. The lowest BCUT2D eigenvalue weighted by Crippen LogP contribution is -2.12. The first-order valence-corrected chi connectivity index (χ1v) is 5.67. The fourth-order valence-electron chi connectivity index (χ4n) is 1.61. The van der Waals surface area contributed by atoms with Gasteiger partial charge in [-0.3, -0.25) is 4.79 Å². The number of rotatable bonds is 2. The Morgan fingerprint density at radius 1 is 1.41 bits per heavy atom. The second kappa shape index (κ2) is 3.63. The smallest absolute Gasteiger partial charge is 0.260 e. The van der Waals surface area contributed by atoms with Gasteiger partial charge in [-0.2, -0.15) is 5.10 Å². The van der Waals surface area contributed by atoms with Crippen LogP contribution in [0.3, 0.4) is 0 Å². The van der Waals surface area contributed by atoms with Crippen molar-refractivity contribution in [2.75, 3.05) is 0 Å². The van der Waals surface area contributed by atoms with Crippen LogP contribution in [0.15, 0.2) is 30.2 Å². The van der Waals surface area contributed by atoms with Gasteiger partial charge in [0.2, 0.25) is 0 Å². The summed E-state index contributed by atoms with van der Waals surface area (Å²) in [5.74, 6) is -0.463. The van der Waals surface area contributed by atoms with Crippen molar-refractivity contribution in [3.8, 4) is 5.69 Å². The minimum absolute atomic E-state index is 0.463. The number of fused-ring (bicyclic) bond motifs is 1. The Hall–Kier alpha value is -2.28. The van der Waals surface area contributed by atoms with Crippen molar-refractivity contribution < 1.29 is 4.79 Å². The zero-order chi connectivity index (χ0) is 11.8. The lowest BCUT2D eigenvalue weighted by atomic mass is 10.3. The van der Waals surface area contributed by atoms with E-state index < -0.39 is 5.91 Å². The van der Waals surface area contributed by atoms with E-state index >= 15 is 0 Å². The number of primary amides is 1. The number of amides is 1. The van der Waals surface area contributed by atoms with E-state index in [1.165, 1.54) is 17.7 Å². The molecule has 1 amide bonds. The molecule has 0 aliphatic heterocycles. The van der Waals surface area contributed by atoms with Gasteiger partial charge in [0.25, 0.3) is 5.91 Å². The van der Waals surface area contributed by atoms with Gasteiger partial charge in [0, 0.05) is 0 Å². The third kappa shape index (κ3) is 1.48. The van der Waals surface area contributed by atoms with Crippen LogP contribution in [0, 0.1) is 0 Å². The molecule has 0 bridgehead atoms. The van der Waals surface area contributed by atoms with Crippen LogP contribution in [-0.2, 0) is 0 Å². The molecule has 0 saturated heterocycles. The molecule has 3 aromatic heterocycles. The largest absolute Gasteiger partial charge is 0.365 e. The summed E-state index contributed by atoms with van der Waals surface area (Å²) in [6.45, 7) is 0. The molecule has 0 aliphatic carbocycles. The third-order valence-corrected chi connectivity index (χ3v) is 3.26. The van der Waals surface area contributed by atoms with Crippen LogP contribution in [0.1, 0.15) is 9.67 Å². The van der Waals surface area contributed by atoms with Crippen molar-refractivity contribution in [1.29, 1.82) is 0 Å². The summed E-state index contributed by atoms with van der Waals surface area (Å²) in [7, 11) is 0. The van der Waals surface area contributed by atoms with E-state index in [0.717, 1.165) is 11.0 Å². The number of carbonyl (C=O) groups excluding carboxylic acids is 1. The van der Waals surface area contributed by atoms with Crippen LogP contribution >= 0.6 is 11.3 Å². The molecule has 84 valence electrons. The molecule has 0 unspecified atom stereocenters. The Balaban J connectivity index is 2.28. The van der Waals surface area contributed by atoms with E-state index in [1.54, 1.807) is 28.5 Å². The molecule has 3 heterocycles. The molecule has 6 nitrogen and oxygen atoms in total. The van der Waals surface area contributed by atoms with Gasteiger partial charge in [-0.25, -0.2) is 14.6 Å². The van der Waals surface area contributed by atoms with Crippen molar-refractivity contribution in [2.45, 2.75) is 0 Å². The zero-order valence-corrected chi connectivity index (χ0v) is 9.39. The van der Waals surface area contributed by atoms with Crippen LogP contribution in [-0.4, -0.2) is 25.7 Å². The summed E-state index contributed by atoms with van der Waals surface area (Å²) < 4.78 is 1.62. The van der Waals surface area contributed by atoms with Crippen molar-refractivity contribution in [3.05, 3.63) is 35.0 Å². The fourth-order valence-corrected chi connectivity index (χ4v) is 2.34. The Morgan fingerprint density at radius 3 is 3.12 bits per heavy atom. The van der Waals surface area contributed by atoms with E-state index in [2.05, 4.69) is 15.1 Å². The summed E-state index contributed by atoms with van der Waals surface area (Å²) in [6, 6.07) is 1.80. The van der Waals surface area contributed by atoms with Gasteiger partial charge < -0.3 is 5.73 Å². The van der Waals surface area contributed by atoms with Gasteiger partial charge in [-0.05, 0) is 11.4 Å². The third-order valence-electron chi connectivity index (χ3n) is 2.34. The van der Waals surface area contributed by atoms with Gasteiger partial charge in [0.15, 0.2) is 0 Å². The molecule has 0 aromatic carbocycles. The molecule has 0 aliphatic rings. The maximum Gasteiger partial charge on any atom is 0.260 e. The van der Waals surface area contributed by atoms with E-state index in [-0.39, 0.29) is 0 Å². The Labute approximate surface area is 99.7 Å². The van der Waals surface area contributed by atoms with Gasteiger partial charge in [0.1, 0.15) is 22.2 Å². The highest BCUT2D eigenvalue weighted by Crippen LogP contribution is 2.23. The predicted octanol–water partition coefficient (Wildman–Crippen LogP) is 0.976. The number of carbonyl (C=O) groups is 1. The summed E-state index contributed by atoms with van der Waals surface area (Å²) in [4.78, 5) is 19.8. The summed E-state index contributed by atoms with van der Waals surface area (Å²) >= 11 is 1.29. The standard InChI is InChI=1S/C10H7N5OS/c11-10(16)9-7(1-2-17-9)15-8-4-12-5-13-6(8)3-14-15/h1-5H,(H2,11,16). The van der Waals surface area contributed by atoms with Crippen molar-refractivity contribution in [2.24, 2.45) is 5.73 Å². The average Bonchev–Trinajstić information content (AvgIpc) is 2.94. The highest BCUT2D eigenvalue weighted by molar-refractivity contribution is 7.12. The van der Waals surface area contributed by atoms with E-state index in [9.17, 15) is 4.79 Å². The Kier molecular flexibility index (Phi) is 2.12. The SMILES string of the molecule is NC(=O)c1sccc1-n1ncc2ncncc21. The van der Waals surface area contributed by atoms with Crippen LogP contribution in [0.5, 0.6) is 0 Å². The normalized spacial score (nSPS) is 10.8.